The molecule has 0 radical (unpaired) electrons. The SMILES string of the molecule is CCC(C)(CC)Oc1ccc(C(=O)c2ccc(Oc3ccc(C(=O)c4ccccc4C(=O)c4ccc5c(c4)CC5(C)CC)cc3)cc2)cc1. The van der Waals surface area contributed by atoms with Gasteiger partial charge < -0.3 is 9.47 Å². The summed E-state index contributed by atoms with van der Waals surface area (Å²) in [7, 11) is 0. The minimum Gasteiger partial charge on any atom is -0.488 e. The Morgan fingerprint density at radius 2 is 1.06 bits per heavy atom. The molecule has 49 heavy (non-hydrogen) atoms. The van der Waals surface area contributed by atoms with Crippen molar-refractivity contribution in [3.8, 4) is 17.2 Å². The van der Waals surface area contributed by atoms with E-state index < -0.39 is 0 Å². The van der Waals surface area contributed by atoms with E-state index in [-0.39, 0.29) is 28.4 Å². The molecular weight excluding hydrogens is 608 g/mol. The van der Waals surface area contributed by atoms with Crippen LogP contribution in [0, 0.1) is 0 Å². The average Bonchev–Trinajstić information content (AvgIpc) is 3.14. The fourth-order valence-electron chi connectivity index (χ4n) is 6.39. The van der Waals surface area contributed by atoms with Gasteiger partial charge in [-0.3, -0.25) is 14.4 Å². The quantitative estimate of drug-likeness (QED) is 0.119. The predicted molar refractivity (Wildman–Crippen MR) is 194 cm³/mol. The van der Waals surface area contributed by atoms with Crippen molar-refractivity contribution in [3.63, 3.8) is 0 Å². The fourth-order valence-corrected chi connectivity index (χ4v) is 6.39. The fraction of sp³-hybridized carbons (Fsp3) is 0.250. The molecule has 0 aliphatic heterocycles. The van der Waals surface area contributed by atoms with E-state index in [0.717, 1.165) is 31.4 Å². The summed E-state index contributed by atoms with van der Waals surface area (Å²) in [6.07, 6.45) is 3.81. The molecule has 5 aromatic rings. The van der Waals surface area contributed by atoms with Crippen LogP contribution in [-0.4, -0.2) is 23.0 Å². The molecule has 0 spiro atoms. The second-order valence-electron chi connectivity index (χ2n) is 13.4. The Hall–Kier alpha value is -5.29. The summed E-state index contributed by atoms with van der Waals surface area (Å²) in [6.45, 7) is 10.7. The Kier molecular flexibility index (Phi) is 9.38. The molecule has 0 amide bonds. The molecule has 248 valence electrons. The van der Waals surface area contributed by atoms with Gasteiger partial charge in [0.1, 0.15) is 22.8 Å². The van der Waals surface area contributed by atoms with Gasteiger partial charge in [0, 0.05) is 33.4 Å². The number of fused-ring (bicyclic) bond motifs is 1. The third-order valence-electron chi connectivity index (χ3n) is 10.2. The van der Waals surface area contributed by atoms with Gasteiger partial charge >= 0.3 is 0 Å². The maximum Gasteiger partial charge on any atom is 0.193 e. The van der Waals surface area contributed by atoms with Crippen molar-refractivity contribution < 1.29 is 23.9 Å². The van der Waals surface area contributed by atoms with Gasteiger partial charge in [0.2, 0.25) is 0 Å². The number of benzene rings is 5. The smallest absolute Gasteiger partial charge is 0.193 e. The van der Waals surface area contributed by atoms with Crippen LogP contribution in [0.4, 0.5) is 0 Å². The maximum atomic E-state index is 13.6. The molecule has 1 atom stereocenters. The lowest BCUT2D eigenvalue weighted by Crippen LogP contribution is -2.35. The summed E-state index contributed by atoms with van der Waals surface area (Å²) < 4.78 is 12.2. The number of hydrogen-bond donors (Lipinski definition) is 0. The highest BCUT2D eigenvalue weighted by Gasteiger charge is 2.37. The van der Waals surface area contributed by atoms with Gasteiger partial charge in [-0.15, -0.1) is 0 Å². The van der Waals surface area contributed by atoms with Crippen LogP contribution in [0.1, 0.15) is 113 Å². The van der Waals surface area contributed by atoms with E-state index in [9.17, 15) is 14.4 Å². The normalized spacial score (nSPS) is 15.1. The third kappa shape index (κ3) is 6.84. The highest BCUT2D eigenvalue weighted by molar-refractivity contribution is 6.19. The van der Waals surface area contributed by atoms with Gasteiger partial charge in [0.05, 0.1) is 0 Å². The zero-order chi connectivity index (χ0) is 34.8. The number of hydrogen-bond acceptors (Lipinski definition) is 5. The Balaban J connectivity index is 1.10. The van der Waals surface area contributed by atoms with Gasteiger partial charge in [-0.1, -0.05) is 64.1 Å². The van der Waals surface area contributed by atoms with Crippen molar-refractivity contribution in [2.75, 3.05) is 0 Å². The van der Waals surface area contributed by atoms with Crippen LogP contribution in [-0.2, 0) is 11.8 Å². The van der Waals surface area contributed by atoms with E-state index in [1.807, 2.05) is 24.3 Å². The van der Waals surface area contributed by atoms with Crippen LogP contribution < -0.4 is 9.47 Å². The van der Waals surface area contributed by atoms with E-state index in [4.69, 9.17) is 9.47 Å². The lowest BCUT2D eigenvalue weighted by Gasteiger charge is -2.41. The first-order chi connectivity index (χ1) is 23.6. The molecule has 0 bridgehead atoms. The predicted octanol–water partition coefficient (Wildman–Crippen LogP) is 10.4. The number of carbonyl (C=O) groups excluding carboxylic acids is 3. The van der Waals surface area contributed by atoms with E-state index >= 15 is 0 Å². The van der Waals surface area contributed by atoms with E-state index in [1.54, 1.807) is 84.9 Å². The van der Waals surface area contributed by atoms with Crippen LogP contribution >= 0.6 is 0 Å². The molecule has 0 heterocycles. The summed E-state index contributed by atoms with van der Waals surface area (Å²) in [5, 5.41) is 0. The zero-order valence-electron chi connectivity index (χ0n) is 28.8. The Morgan fingerprint density at radius 1 is 0.612 bits per heavy atom. The Morgan fingerprint density at radius 3 is 1.53 bits per heavy atom. The van der Waals surface area contributed by atoms with E-state index in [2.05, 4.69) is 40.7 Å². The monoisotopic (exact) mass is 650 g/mol. The molecular formula is C44H42O5. The van der Waals surface area contributed by atoms with Crippen LogP contribution in [0.25, 0.3) is 0 Å². The van der Waals surface area contributed by atoms with E-state index in [0.29, 0.717) is 44.9 Å². The molecule has 5 aromatic carbocycles. The van der Waals surface area contributed by atoms with Crippen LogP contribution in [0.2, 0.25) is 0 Å². The topological polar surface area (TPSA) is 69.7 Å². The summed E-state index contributed by atoms with van der Waals surface area (Å²) in [5.74, 6) is 1.38. The minimum atomic E-state index is -0.232. The first-order valence-electron chi connectivity index (χ1n) is 17.1. The van der Waals surface area contributed by atoms with Crippen molar-refractivity contribution >= 4 is 17.3 Å². The summed E-state index contributed by atoms with van der Waals surface area (Å²) in [5.41, 5.74) is 5.40. The summed E-state index contributed by atoms with van der Waals surface area (Å²) in [6, 6.07) is 34.0. The third-order valence-corrected chi connectivity index (χ3v) is 10.2. The standard InChI is InChI=1S/C44H42O5/c1-6-43(4)28-33-27-32(19-26-39(33)43)42(47)38-12-10-9-11-37(38)41(46)31-15-22-35(23-16-31)48-34-20-13-29(14-21-34)40(45)30-17-24-36(25-18-30)49-44(5,7-2)8-3/h9-27H,6-8,28H2,1-5H3. The van der Waals surface area contributed by atoms with Gasteiger partial charge in [-0.05, 0) is 128 Å². The van der Waals surface area contributed by atoms with Gasteiger partial charge in [0.25, 0.3) is 0 Å². The first kappa shape index (κ1) is 33.6. The molecule has 0 N–H and O–H groups in total. The highest BCUT2D eigenvalue weighted by Crippen LogP contribution is 2.43. The van der Waals surface area contributed by atoms with Crippen LogP contribution in [0.3, 0.4) is 0 Å². The molecule has 0 saturated carbocycles. The van der Waals surface area contributed by atoms with Crippen molar-refractivity contribution in [2.45, 2.75) is 71.3 Å². The average molecular weight is 651 g/mol. The Labute approximate surface area is 288 Å². The summed E-state index contributed by atoms with van der Waals surface area (Å²) in [4.78, 5) is 40.4. The number of rotatable bonds is 13. The molecule has 5 heteroatoms. The molecule has 0 aromatic heterocycles. The summed E-state index contributed by atoms with van der Waals surface area (Å²) >= 11 is 0. The number of ether oxygens (including phenoxy) is 2. The number of carbonyl (C=O) groups is 3. The second-order valence-corrected chi connectivity index (χ2v) is 13.4. The molecule has 1 aliphatic rings. The lowest BCUT2D eigenvalue weighted by atomic mass is 9.63. The van der Waals surface area contributed by atoms with Crippen molar-refractivity contribution in [3.05, 3.63) is 160 Å². The molecule has 0 fully saturated rings. The molecule has 1 aliphatic carbocycles. The first-order valence-corrected chi connectivity index (χ1v) is 17.1. The largest absolute Gasteiger partial charge is 0.488 e. The van der Waals surface area contributed by atoms with Gasteiger partial charge in [-0.25, -0.2) is 0 Å². The molecule has 6 rings (SSSR count). The molecule has 1 unspecified atom stereocenters. The van der Waals surface area contributed by atoms with Crippen molar-refractivity contribution in [2.24, 2.45) is 0 Å². The molecule has 5 nitrogen and oxygen atoms in total. The number of ketones is 3. The second kappa shape index (κ2) is 13.7. The molecule has 0 saturated heterocycles. The van der Waals surface area contributed by atoms with E-state index in [1.165, 1.54) is 11.1 Å². The maximum absolute atomic E-state index is 13.6. The van der Waals surface area contributed by atoms with Crippen molar-refractivity contribution in [1.29, 1.82) is 0 Å². The van der Waals surface area contributed by atoms with Gasteiger partial charge in [0.15, 0.2) is 17.3 Å². The lowest BCUT2D eigenvalue weighted by molar-refractivity contribution is 0.0802. The van der Waals surface area contributed by atoms with Crippen LogP contribution in [0.15, 0.2) is 115 Å². The van der Waals surface area contributed by atoms with Crippen LogP contribution in [0.5, 0.6) is 17.2 Å². The van der Waals surface area contributed by atoms with Crippen molar-refractivity contribution in [1.82, 2.24) is 0 Å². The minimum absolute atomic E-state index is 0.0892. The van der Waals surface area contributed by atoms with Gasteiger partial charge in [-0.2, -0.15) is 0 Å². The highest BCUT2D eigenvalue weighted by atomic mass is 16.5. The zero-order valence-corrected chi connectivity index (χ0v) is 28.8. The Bertz CT molecular complexity index is 2000.